The van der Waals surface area contributed by atoms with E-state index < -0.39 is 29.3 Å². The van der Waals surface area contributed by atoms with Gasteiger partial charge in [0.05, 0.1) is 11.8 Å². The van der Waals surface area contributed by atoms with Gasteiger partial charge in [0, 0.05) is 5.54 Å². The van der Waals surface area contributed by atoms with Crippen LogP contribution in [0.3, 0.4) is 0 Å². The first-order valence-electron chi connectivity index (χ1n) is 6.73. The van der Waals surface area contributed by atoms with Crippen LogP contribution in [0.4, 0.5) is 0 Å². The third kappa shape index (κ3) is 3.49. The Morgan fingerprint density at radius 1 is 1.15 bits per heavy atom. The van der Waals surface area contributed by atoms with Gasteiger partial charge in [-0.05, 0) is 33.1 Å². The maximum absolute atomic E-state index is 12.1. The van der Waals surface area contributed by atoms with Crippen LogP contribution in [0.5, 0.6) is 0 Å². The van der Waals surface area contributed by atoms with Crippen LogP contribution < -0.4 is 10.6 Å². The standard InChI is InChI=1S/C14H24N2O4/c1-7(10(17)16-13(2,3)4)15-11(18)8-9(12(19)20)14(8,5)6/h7-9H,1-6H3,(H,15,18)(H,16,17)(H,19,20)/t7?,8-,9+/m1/s1. The number of carbonyl (C=O) groups excluding carboxylic acids is 2. The largest absolute Gasteiger partial charge is 0.481 e. The molecule has 114 valence electrons. The minimum Gasteiger partial charge on any atom is -0.481 e. The molecule has 1 saturated carbocycles. The van der Waals surface area contributed by atoms with E-state index in [2.05, 4.69) is 10.6 Å². The summed E-state index contributed by atoms with van der Waals surface area (Å²) >= 11 is 0. The Morgan fingerprint density at radius 2 is 1.65 bits per heavy atom. The summed E-state index contributed by atoms with van der Waals surface area (Å²) < 4.78 is 0. The summed E-state index contributed by atoms with van der Waals surface area (Å²) in [6.45, 7) is 10.6. The highest BCUT2D eigenvalue weighted by Crippen LogP contribution is 2.58. The van der Waals surface area contributed by atoms with Crippen molar-refractivity contribution in [3.8, 4) is 0 Å². The Morgan fingerprint density at radius 3 is 2.00 bits per heavy atom. The first-order valence-corrected chi connectivity index (χ1v) is 6.73. The molecule has 0 bridgehead atoms. The van der Waals surface area contributed by atoms with E-state index in [1.54, 1.807) is 20.8 Å². The number of hydrogen-bond acceptors (Lipinski definition) is 3. The Hall–Kier alpha value is -1.59. The van der Waals surface area contributed by atoms with Crippen LogP contribution in [0.1, 0.15) is 41.5 Å². The third-order valence-corrected chi connectivity index (χ3v) is 3.63. The second kappa shape index (κ2) is 5.07. The number of amides is 2. The molecular formula is C14H24N2O4. The number of nitrogens with one attached hydrogen (secondary N) is 2. The summed E-state index contributed by atoms with van der Waals surface area (Å²) in [5.74, 6) is -2.89. The molecule has 0 aromatic carbocycles. The van der Waals surface area contributed by atoms with Crippen LogP contribution in [0.25, 0.3) is 0 Å². The topological polar surface area (TPSA) is 95.5 Å². The highest BCUT2D eigenvalue weighted by molar-refractivity contribution is 5.94. The van der Waals surface area contributed by atoms with Crippen molar-refractivity contribution < 1.29 is 19.5 Å². The third-order valence-electron chi connectivity index (χ3n) is 3.63. The fourth-order valence-electron chi connectivity index (χ4n) is 2.43. The molecule has 0 saturated heterocycles. The van der Waals surface area contributed by atoms with Gasteiger partial charge >= 0.3 is 5.97 Å². The average Bonchev–Trinajstić information content (AvgIpc) is 2.79. The molecule has 0 heterocycles. The summed E-state index contributed by atoms with van der Waals surface area (Å²) in [6.07, 6.45) is 0. The van der Waals surface area contributed by atoms with Gasteiger partial charge in [-0.15, -0.1) is 0 Å². The molecule has 0 radical (unpaired) electrons. The smallest absolute Gasteiger partial charge is 0.307 e. The van der Waals surface area contributed by atoms with Crippen molar-refractivity contribution >= 4 is 17.8 Å². The Kier molecular flexibility index (Phi) is 4.17. The van der Waals surface area contributed by atoms with Gasteiger partial charge in [0.25, 0.3) is 0 Å². The van der Waals surface area contributed by atoms with E-state index in [-0.39, 0.29) is 17.4 Å². The molecule has 6 heteroatoms. The summed E-state index contributed by atoms with van der Waals surface area (Å²) in [5, 5.41) is 14.4. The molecule has 1 rings (SSSR count). The Labute approximate surface area is 119 Å². The molecule has 0 spiro atoms. The average molecular weight is 284 g/mol. The minimum absolute atomic E-state index is 0.281. The maximum atomic E-state index is 12.1. The van der Waals surface area contributed by atoms with E-state index in [0.717, 1.165) is 0 Å². The zero-order valence-corrected chi connectivity index (χ0v) is 12.9. The van der Waals surface area contributed by atoms with E-state index in [4.69, 9.17) is 5.11 Å². The van der Waals surface area contributed by atoms with Gasteiger partial charge in [0.2, 0.25) is 11.8 Å². The molecule has 2 amide bonds. The van der Waals surface area contributed by atoms with Crippen molar-refractivity contribution in [1.29, 1.82) is 0 Å². The second-order valence-corrected chi connectivity index (χ2v) is 7.08. The number of rotatable bonds is 4. The highest BCUT2D eigenvalue weighted by Gasteiger charge is 2.66. The van der Waals surface area contributed by atoms with Crippen molar-refractivity contribution in [2.75, 3.05) is 0 Å². The number of aliphatic carboxylic acids is 1. The molecule has 3 N–H and O–H groups in total. The summed E-state index contributed by atoms with van der Waals surface area (Å²) in [5.41, 5.74) is -0.936. The zero-order chi connectivity index (χ0) is 15.9. The molecule has 1 aliphatic rings. The van der Waals surface area contributed by atoms with Crippen molar-refractivity contribution in [2.45, 2.75) is 53.1 Å². The molecule has 1 fully saturated rings. The van der Waals surface area contributed by atoms with Crippen LogP contribution in [0.15, 0.2) is 0 Å². The number of carboxylic acid groups (broad SMARTS) is 1. The Balaban J connectivity index is 2.60. The molecule has 1 aliphatic carbocycles. The lowest BCUT2D eigenvalue weighted by Crippen LogP contribution is -2.51. The van der Waals surface area contributed by atoms with Crippen molar-refractivity contribution in [3.63, 3.8) is 0 Å². The molecule has 3 atom stereocenters. The van der Waals surface area contributed by atoms with Crippen LogP contribution in [0.2, 0.25) is 0 Å². The predicted molar refractivity (Wildman–Crippen MR) is 73.9 cm³/mol. The molecular weight excluding hydrogens is 260 g/mol. The van der Waals surface area contributed by atoms with Gasteiger partial charge in [-0.3, -0.25) is 14.4 Å². The summed E-state index contributed by atoms with van der Waals surface area (Å²) in [6, 6.07) is -0.687. The van der Waals surface area contributed by atoms with Crippen molar-refractivity contribution in [2.24, 2.45) is 17.3 Å². The van der Waals surface area contributed by atoms with Crippen molar-refractivity contribution in [3.05, 3.63) is 0 Å². The second-order valence-electron chi connectivity index (χ2n) is 7.08. The fourth-order valence-corrected chi connectivity index (χ4v) is 2.43. The molecule has 6 nitrogen and oxygen atoms in total. The lowest BCUT2D eigenvalue weighted by atomic mass is 10.1. The lowest BCUT2D eigenvalue weighted by Gasteiger charge is -2.23. The maximum Gasteiger partial charge on any atom is 0.307 e. The van der Waals surface area contributed by atoms with E-state index in [1.165, 1.54) is 0 Å². The monoisotopic (exact) mass is 284 g/mol. The van der Waals surface area contributed by atoms with E-state index in [0.29, 0.717) is 0 Å². The van der Waals surface area contributed by atoms with E-state index in [9.17, 15) is 14.4 Å². The predicted octanol–water partition coefficient (Wildman–Crippen LogP) is 0.763. The van der Waals surface area contributed by atoms with Crippen LogP contribution in [-0.4, -0.2) is 34.5 Å². The van der Waals surface area contributed by atoms with Crippen LogP contribution >= 0.6 is 0 Å². The molecule has 20 heavy (non-hydrogen) atoms. The van der Waals surface area contributed by atoms with E-state index >= 15 is 0 Å². The van der Waals surface area contributed by atoms with Gasteiger partial charge in [0.1, 0.15) is 6.04 Å². The number of carbonyl (C=O) groups is 3. The molecule has 0 aliphatic heterocycles. The van der Waals surface area contributed by atoms with Gasteiger partial charge in [0.15, 0.2) is 0 Å². The van der Waals surface area contributed by atoms with Crippen molar-refractivity contribution in [1.82, 2.24) is 10.6 Å². The zero-order valence-electron chi connectivity index (χ0n) is 12.9. The fraction of sp³-hybridized carbons (Fsp3) is 0.786. The normalized spacial score (nSPS) is 25.5. The first kappa shape index (κ1) is 16.5. The number of carboxylic acids is 1. The number of hydrogen-bond donors (Lipinski definition) is 3. The molecule has 0 aromatic rings. The lowest BCUT2D eigenvalue weighted by molar-refractivity contribution is -0.140. The Bertz CT molecular complexity index is 437. The van der Waals surface area contributed by atoms with E-state index in [1.807, 2.05) is 20.8 Å². The summed E-state index contributed by atoms with van der Waals surface area (Å²) in [4.78, 5) is 35.0. The summed E-state index contributed by atoms with van der Waals surface area (Å²) in [7, 11) is 0. The van der Waals surface area contributed by atoms with Gasteiger partial charge < -0.3 is 15.7 Å². The van der Waals surface area contributed by atoms with Gasteiger partial charge in [-0.1, -0.05) is 13.8 Å². The minimum atomic E-state index is -0.970. The first-order chi connectivity index (χ1) is 8.88. The highest BCUT2D eigenvalue weighted by atomic mass is 16.4. The van der Waals surface area contributed by atoms with Crippen LogP contribution in [0, 0.1) is 17.3 Å². The molecule has 1 unspecified atom stereocenters. The van der Waals surface area contributed by atoms with Crippen LogP contribution in [-0.2, 0) is 14.4 Å². The molecule has 0 aromatic heterocycles. The quantitative estimate of drug-likeness (QED) is 0.710. The SMILES string of the molecule is CC(NC(=O)[C@H]1[C@@H](C(=O)O)C1(C)C)C(=O)NC(C)(C)C. The van der Waals surface area contributed by atoms with Gasteiger partial charge in [-0.25, -0.2) is 0 Å². The van der Waals surface area contributed by atoms with Gasteiger partial charge in [-0.2, -0.15) is 0 Å².